The van der Waals surface area contributed by atoms with Crippen LogP contribution in [0.5, 0.6) is 11.5 Å². The van der Waals surface area contributed by atoms with Crippen molar-refractivity contribution >= 4 is 12.6 Å². The lowest BCUT2D eigenvalue weighted by Gasteiger charge is -2.11. The second kappa shape index (κ2) is 5.78. The zero-order valence-electron chi connectivity index (χ0n) is 10.8. The van der Waals surface area contributed by atoms with Crippen LogP contribution in [0.2, 0.25) is 0 Å². The maximum atomic E-state index is 9.22. The number of benzene rings is 2. The monoisotopic (exact) mass is 258 g/mol. The highest BCUT2D eigenvalue weighted by Gasteiger charge is 2.13. The highest BCUT2D eigenvalue weighted by molar-refractivity contribution is 6.58. The van der Waals surface area contributed by atoms with Gasteiger partial charge < -0.3 is 19.5 Å². The molecule has 2 aromatic rings. The van der Waals surface area contributed by atoms with E-state index >= 15 is 0 Å². The molecule has 2 N–H and O–H groups in total. The summed E-state index contributed by atoms with van der Waals surface area (Å²) in [4.78, 5) is 0. The summed E-state index contributed by atoms with van der Waals surface area (Å²) in [6.07, 6.45) is 0. The Morgan fingerprint density at radius 2 is 1.74 bits per heavy atom. The van der Waals surface area contributed by atoms with E-state index in [9.17, 15) is 10.0 Å². The second-order valence-corrected chi connectivity index (χ2v) is 4.07. The van der Waals surface area contributed by atoms with Crippen molar-refractivity contribution in [1.82, 2.24) is 0 Å². The van der Waals surface area contributed by atoms with E-state index in [1.54, 1.807) is 32.4 Å². The molecule has 0 spiro atoms. The summed E-state index contributed by atoms with van der Waals surface area (Å²) in [6.45, 7) is 0. The van der Waals surface area contributed by atoms with Crippen LogP contribution in [0, 0.1) is 0 Å². The molecule has 4 nitrogen and oxygen atoms in total. The van der Waals surface area contributed by atoms with Crippen LogP contribution >= 0.6 is 0 Å². The molecule has 19 heavy (non-hydrogen) atoms. The van der Waals surface area contributed by atoms with Gasteiger partial charge in [-0.1, -0.05) is 24.3 Å². The quantitative estimate of drug-likeness (QED) is 0.805. The van der Waals surface area contributed by atoms with Crippen LogP contribution in [0.4, 0.5) is 0 Å². The van der Waals surface area contributed by atoms with Crippen LogP contribution in [0.15, 0.2) is 42.5 Å². The van der Waals surface area contributed by atoms with Crippen LogP contribution < -0.4 is 14.9 Å². The molecule has 0 amide bonds. The van der Waals surface area contributed by atoms with Crippen molar-refractivity contribution in [1.29, 1.82) is 0 Å². The van der Waals surface area contributed by atoms with E-state index in [0.29, 0.717) is 17.0 Å². The van der Waals surface area contributed by atoms with Crippen molar-refractivity contribution in [3.05, 3.63) is 42.5 Å². The van der Waals surface area contributed by atoms with Gasteiger partial charge in [-0.15, -0.1) is 0 Å². The molecule has 0 aliphatic rings. The smallest absolute Gasteiger partial charge is 0.488 e. The largest absolute Gasteiger partial charge is 0.497 e. The third-order valence-corrected chi connectivity index (χ3v) is 2.90. The standard InChI is InChI=1S/C14H15BO4/c1-18-12-6-7-14(19-2)13(9-12)10-4-3-5-11(8-10)15(16)17/h3-9,16-17H,1-2H3. The van der Waals surface area contributed by atoms with Crippen molar-refractivity contribution in [2.75, 3.05) is 14.2 Å². The Labute approximate surface area is 112 Å². The summed E-state index contributed by atoms with van der Waals surface area (Å²) in [6, 6.07) is 12.5. The number of methoxy groups -OCH3 is 2. The van der Waals surface area contributed by atoms with Crippen LogP contribution in [0.25, 0.3) is 11.1 Å². The topological polar surface area (TPSA) is 58.9 Å². The maximum absolute atomic E-state index is 9.22. The fourth-order valence-corrected chi connectivity index (χ4v) is 1.91. The molecule has 0 aliphatic carbocycles. The molecule has 0 heterocycles. The SMILES string of the molecule is COc1ccc(OC)c(-c2cccc(B(O)O)c2)c1. The highest BCUT2D eigenvalue weighted by atomic mass is 16.5. The first-order chi connectivity index (χ1) is 9.15. The molecule has 0 saturated carbocycles. The number of hydrogen-bond acceptors (Lipinski definition) is 4. The highest BCUT2D eigenvalue weighted by Crippen LogP contribution is 2.32. The van der Waals surface area contributed by atoms with Crippen molar-refractivity contribution in [2.45, 2.75) is 0 Å². The molecule has 0 aromatic heterocycles. The third-order valence-electron chi connectivity index (χ3n) is 2.90. The lowest BCUT2D eigenvalue weighted by atomic mass is 9.79. The van der Waals surface area contributed by atoms with Crippen LogP contribution in [0.3, 0.4) is 0 Å². The molecule has 0 aliphatic heterocycles. The van der Waals surface area contributed by atoms with E-state index in [1.165, 1.54) is 0 Å². The number of hydrogen-bond donors (Lipinski definition) is 2. The summed E-state index contributed by atoms with van der Waals surface area (Å²) in [7, 11) is 1.70. The van der Waals surface area contributed by atoms with Crippen LogP contribution in [-0.4, -0.2) is 31.4 Å². The Balaban J connectivity index is 2.53. The van der Waals surface area contributed by atoms with Crippen LogP contribution in [0.1, 0.15) is 0 Å². The molecule has 0 bridgehead atoms. The minimum atomic E-state index is -1.49. The van der Waals surface area contributed by atoms with Gasteiger partial charge in [-0.2, -0.15) is 0 Å². The van der Waals surface area contributed by atoms with Crippen molar-refractivity contribution < 1.29 is 19.5 Å². The normalized spacial score (nSPS) is 10.1. The second-order valence-electron chi connectivity index (χ2n) is 4.07. The first-order valence-corrected chi connectivity index (χ1v) is 5.84. The van der Waals surface area contributed by atoms with E-state index in [0.717, 1.165) is 11.1 Å². The van der Waals surface area contributed by atoms with Gasteiger partial charge in [0, 0.05) is 5.56 Å². The minimum absolute atomic E-state index is 0.433. The Morgan fingerprint density at radius 1 is 0.947 bits per heavy atom. The molecule has 0 radical (unpaired) electrons. The predicted octanol–water partition coefficient (Wildman–Crippen LogP) is 1.05. The van der Waals surface area contributed by atoms with E-state index in [2.05, 4.69) is 0 Å². The molecule has 2 aromatic carbocycles. The first-order valence-electron chi connectivity index (χ1n) is 5.84. The maximum Gasteiger partial charge on any atom is 0.488 e. The van der Waals surface area contributed by atoms with Gasteiger partial charge in [-0.05, 0) is 29.2 Å². The van der Waals surface area contributed by atoms with Gasteiger partial charge in [-0.25, -0.2) is 0 Å². The first kappa shape index (κ1) is 13.5. The molecular formula is C14H15BO4. The molecule has 0 saturated heterocycles. The van der Waals surface area contributed by atoms with E-state index in [4.69, 9.17) is 9.47 Å². The summed E-state index contributed by atoms with van der Waals surface area (Å²) in [5.41, 5.74) is 2.10. The summed E-state index contributed by atoms with van der Waals surface area (Å²) in [5.74, 6) is 1.41. The summed E-state index contributed by atoms with van der Waals surface area (Å²) < 4.78 is 10.5. The van der Waals surface area contributed by atoms with Gasteiger partial charge in [-0.3, -0.25) is 0 Å². The summed E-state index contributed by atoms with van der Waals surface area (Å²) >= 11 is 0. The fraction of sp³-hybridized carbons (Fsp3) is 0.143. The number of ether oxygens (including phenoxy) is 2. The average molecular weight is 258 g/mol. The van der Waals surface area contributed by atoms with Gasteiger partial charge in [0.05, 0.1) is 14.2 Å². The molecule has 5 heteroatoms. The van der Waals surface area contributed by atoms with E-state index < -0.39 is 7.12 Å². The van der Waals surface area contributed by atoms with Gasteiger partial charge in [0.2, 0.25) is 0 Å². The molecule has 0 fully saturated rings. The Hall–Kier alpha value is -1.98. The lowest BCUT2D eigenvalue weighted by Crippen LogP contribution is -2.29. The van der Waals surface area contributed by atoms with E-state index in [-0.39, 0.29) is 0 Å². The third kappa shape index (κ3) is 2.89. The molecule has 98 valence electrons. The summed E-state index contributed by atoms with van der Waals surface area (Å²) in [5, 5.41) is 18.4. The molecular weight excluding hydrogens is 243 g/mol. The zero-order valence-corrected chi connectivity index (χ0v) is 10.8. The fourth-order valence-electron chi connectivity index (χ4n) is 1.91. The van der Waals surface area contributed by atoms with E-state index in [1.807, 2.05) is 24.3 Å². The lowest BCUT2D eigenvalue weighted by molar-refractivity contribution is 0.404. The molecule has 0 unspecified atom stereocenters. The minimum Gasteiger partial charge on any atom is -0.497 e. The van der Waals surface area contributed by atoms with Gasteiger partial charge in [0.25, 0.3) is 0 Å². The van der Waals surface area contributed by atoms with Crippen molar-refractivity contribution in [2.24, 2.45) is 0 Å². The molecule has 0 atom stereocenters. The van der Waals surface area contributed by atoms with Gasteiger partial charge >= 0.3 is 7.12 Å². The Kier molecular flexibility index (Phi) is 4.09. The van der Waals surface area contributed by atoms with Crippen LogP contribution in [-0.2, 0) is 0 Å². The van der Waals surface area contributed by atoms with Gasteiger partial charge in [0.1, 0.15) is 11.5 Å². The predicted molar refractivity (Wildman–Crippen MR) is 74.8 cm³/mol. The number of rotatable bonds is 4. The van der Waals surface area contributed by atoms with Crippen molar-refractivity contribution in [3.63, 3.8) is 0 Å². The zero-order chi connectivity index (χ0) is 13.8. The average Bonchev–Trinajstić information content (AvgIpc) is 2.46. The Morgan fingerprint density at radius 3 is 2.37 bits per heavy atom. The Bertz CT molecular complexity index is 569. The molecule has 2 rings (SSSR count). The van der Waals surface area contributed by atoms with Gasteiger partial charge in [0.15, 0.2) is 0 Å². The van der Waals surface area contributed by atoms with Crippen molar-refractivity contribution in [3.8, 4) is 22.6 Å².